The molecule has 7 aromatic carbocycles. The second-order valence-corrected chi connectivity index (χ2v) is 17.0. The molecule has 0 amide bonds. The minimum atomic E-state index is -0.0252. The van der Waals surface area contributed by atoms with E-state index in [1.165, 1.54) is 110 Å². The van der Waals surface area contributed by atoms with E-state index < -0.39 is 0 Å². The van der Waals surface area contributed by atoms with Crippen LogP contribution in [0.4, 0.5) is 34.1 Å². The minimum absolute atomic E-state index is 0.0252. The van der Waals surface area contributed by atoms with Crippen molar-refractivity contribution < 1.29 is 0 Å². The number of para-hydroxylation sites is 4. The van der Waals surface area contributed by atoms with Crippen LogP contribution in [0.15, 0.2) is 168 Å². The number of nitrogens with zero attached hydrogens (tertiary/aromatic N) is 4. The number of thioether (sulfide) groups is 2. The summed E-state index contributed by atoms with van der Waals surface area (Å²) in [6.45, 7) is -0.0505. The van der Waals surface area contributed by atoms with E-state index in [1.807, 2.05) is 23.5 Å². The lowest BCUT2D eigenvalue weighted by Crippen LogP contribution is -2.61. The maximum absolute atomic E-state index is 2.61. The van der Waals surface area contributed by atoms with E-state index >= 15 is 0 Å². The van der Waals surface area contributed by atoms with Gasteiger partial charge in [-0.15, -0.1) is 23.5 Å². The SMILES string of the molecule is CSc1ccc2c(c1)N(c1ccccc1)c1c3c(c4c5c1-c1cccc6ccn(c16)B5c1ccc(SC)cc1N4c1ccccc1)-c1cccc4ccn(c14)B23. The van der Waals surface area contributed by atoms with E-state index in [0.717, 1.165) is 0 Å². The molecule has 0 aliphatic carbocycles. The Kier molecular flexibility index (Phi) is 6.32. The summed E-state index contributed by atoms with van der Waals surface area (Å²) in [4.78, 5) is 7.75. The Morgan fingerprint density at radius 1 is 0.446 bits per heavy atom. The zero-order valence-electron chi connectivity index (χ0n) is 30.8. The van der Waals surface area contributed by atoms with Crippen molar-refractivity contribution in [3.63, 3.8) is 0 Å². The van der Waals surface area contributed by atoms with Crippen LogP contribution in [0.3, 0.4) is 0 Å². The topological polar surface area (TPSA) is 16.3 Å². The summed E-state index contributed by atoms with van der Waals surface area (Å²) >= 11 is 3.62. The van der Waals surface area contributed by atoms with E-state index in [0.29, 0.717) is 0 Å². The fourth-order valence-corrected chi connectivity index (χ4v) is 11.4. The first-order valence-electron chi connectivity index (χ1n) is 19.2. The van der Waals surface area contributed by atoms with Gasteiger partial charge in [0.05, 0.1) is 11.4 Å². The molecular weight excluding hydrogens is 718 g/mol. The summed E-state index contributed by atoms with van der Waals surface area (Å²) < 4.78 is 5.16. The lowest BCUT2D eigenvalue weighted by atomic mass is 9.40. The second kappa shape index (κ2) is 11.3. The number of rotatable bonds is 4. The van der Waals surface area contributed by atoms with Crippen LogP contribution >= 0.6 is 23.5 Å². The van der Waals surface area contributed by atoms with E-state index in [9.17, 15) is 0 Å². The Morgan fingerprint density at radius 2 is 0.893 bits per heavy atom. The zero-order chi connectivity index (χ0) is 36.8. The summed E-state index contributed by atoms with van der Waals surface area (Å²) in [6.07, 6.45) is 9.05. The average molecular weight is 751 g/mol. The molecule has 0 unspecified atom stereocenters. The van der Waals surface area contributed by atoms with Crippen LogP contribution in [0.5, 0.6) is 0 Å². The molecule has 8 heteroatoms. The quantitative estimate of drug-likeness (QED) is 0.132. The second-order valence-electron chi connectivity index (χ2n) is 15.2. The third-order valence-electron chi connectivity index (χ3n) is 12.7. The third-order valence-corrected chi connectivity index (χ3v) is 14.1. The third kappa shape index (κ3) is 3.86. The van der Waals surface area contributed by atoms with Crippen LogP contribution in [-0.2, 0) is 0 Å². The van der Waals surface area contributed by atoms with Crippen LogP contribution in [0.2, 0.25) is 0 Å². The normalized spacial score (nSPS) is 13.9. The van der Waals surface area contributed by atoms with E-state index in [4.69, 9.17) is 0 Å². The molecule has 4 nitrogen and oxygen atoms in total. The Hall–Kier alpha value is -5.95. The minimum Gasteiger partial charge on any atom is -0.382 e. The van der Waals surface area contributed by atoms with Crippen molar-refractivity contribution in [3.8, 4) is 22.3 Å². The van der Waals surface area contributed by atoms with Crippen molar-refractivity contribution in [2.45, 2.75) is 9.79 Å². The van der Waals surface area contributed by atoms with Gasteiger partial charge in [-0.3, -0.25) is 0 Å². The number of aromatic nitrogens is 2. The van der Waals surface area contributed by atoms with Gasteiger partial charge in [0, 0.05) is 65.8 Å². The van der Waals surface area contributed by atoms with Gasteiger partial charge in [-0.1, -0.05) is 84.9 Å². The fraction of sp³-hybridized carbons (Fsp3) is 0.0417. The molecule has 0 saturated carbocycles. The van der Waals surface area contributed by atoms with Crippen LogP contribution in [0.25, 0.3) is 44.1 Å². The van der Waals surface area contributed by atoms with Crippen molar-refractivity contribution in [1.82, 2.24) is 8.96 Å². The molecule has 4 aliphatic rings. The molecule has 0 bridgehead atoms. The van der Waals surface area contributed by atoms with Crippen LogP contribution in [-0.4, -0.2) is 35.2 Å². The van der Waals surface area contributed by atoms with Crippen LogP contribution in [0, 0.1) is 0 Å². The molecule has 0 saturated heterocycles. The van der Waals surface area contributed by atoms with Gasteiger partial charge in [0.25, 0.3) is 0 Å². The molecule has 0 fully saturated rings. The van der Waals surface area contributed by atoms with E-state index in [2.05, 4.69) is 189 Å². The van der Waals surface area contributed by atoms with Gasteiger partial charge in [0.15, 0.2) is 0 Å². The van der Waals surface area contributed by atoms with Gasteiger partial charge in [-0.25, -0.2) is 0 Å². The molecule has 56 heavy (non-hydrogen) atoms. The standard InChI is InChI=1S/C48H32B2N4S2/c1-55-33-19-21-37-39(27-33)53(31-13-5-3-6-14-31)47-41-35-17-9-12-30-24-26-52(46(30)35)50-38-22-20-34(56-2)28-40(38)54(32-15-7-4-8-16-32)48(44(41)50)42-36-18-10-11-29-23-25-51(45(29)36)49(37)43(42)47/h3-28H,1-2H3. The highest BCUT2D eigenvalue weighted by atomic mass is 32.2. The lowest BCUT2D eigenvalue weighted by Gasteiger charge is -2.48. The molecule has 0 atom stereocenters. The first-order valence-corrected chi connectivity index (χ1v) is 21.7. The molecule has 0 spiro atoms. The predicted octanol–water partition coefficient (Wildman–Crippen LogP) is 9.87. The van der Waals surface area contributed by atoms with Crippen molar-refractivity contribution in [1.29, 1.82) is 0 Å². The summed E-state index contributed by atoms with van der Waals surface area (Å²) in [5.74, 6) is 0. The Balaban J connectivity index is 1.31. The first kappa shape index (κ1) is 31.3. The molecule has 0 N–H and O–H groups in total. The molecule has 9 aromatic rings. The van der Waals surface area contributed by atoms with Crippen molar-refractivity contribution in [2.75, 3.05) is 22.3 Å². The van der Waals surface area contributed by atoms with Gasteiger partial charge in [-0.2, -0.15) is 0 Å². The fourth-order valence-electron chi connectivity index (χ4n) is 10.5. The Labute approximate surface area is 334 Å². The molecule has 0 radical (unpaired) electrons. The molecule has 262 valence electrons. The van der Waals surface area contributed by atoms with Gasteiger partial charge >= 0.3 is 13.7 Å². The first-order chi connectivity index (χ1) is 27.7. The van der Waals surface area contributed by atoms with E-state index in [-0.39, 0.29) is 13.7 Å². The average Bonchev–Trinajstić information content (AvgIpc) is 3.90. The zero-order valence-corrected chi connectivity index (χ0v) is 32.4. The number of benzene rings is 7. The number of fused-ring (bicyclic) bond motifs is 10. The highest BCUT2D eigenvalue weighted by Gasteiger charge is 2.51. The molecule has 6 heterocycles. The van der Waals surface area contributed by atoms with Crippen molar-refractivity contribution >= 4 is 115 Å². The largest absolute Gasteiger partial charge is 0.382 e. The molecule has 4 aliphatic heterocycles. The Morgan fingerprint density at radius 3 is 1.32 bits per heavy atom. The smallest absolute Gasteiger partial charge is 0.332 e. The van der Waals surface area contributed by atoms with E-state index in [1.54, 1.807) is 0 Å². The molecule has 13 rings (SSSR count). The van der Waals surface area contributed by atoms with Gasteiger partial charge in [-0.05, 0) is 118 Å². The number of hydrogen-bond donors (Lipinski definition) is 0. The number of anilines is 6. The molecular formula is C48H32B2N4S2. The van der Waals surface area contributed by atoms with Gasteiger partial charge < -0.3 is 18.8 Å². The lowest BCUT2D eigenvalue weighted by molar-refractivity contribution is 1.19. The van der Waals surface area contributed by atoms with Crippen molar-refractivity contribution in [3.05, 3.63) is 158 Å². The van der Waals surface area contributed by atoms with Gasteiger partial charge in [0.2, 0.25) is 0 Å². The summed E-state index contributed by atoms with van der Waals surface area (Å²) in [7, 11) is 0. The maximum Gasteiger partial charge on any atom is 0.332 e. The summed E-state index contributed by atoms with van der Waals surface area (Å²) in [5.41, 5.74) is 20.6. The van der Waals surface area contributed by atoms with Crippen molar-refractivity contribution in [2.24, 2.45) is 0 Å². The predicted molar refractivity (Wildman–Crippen MR) is 242 cm³/mol. The van der Waals surface area contributed by atoms with Crippen LogP contribution in [0.1, 0.15) is 0 Å². The summed E-state index contributed by atoms with van der Waals surface area (Å²) in [5, 5.41) is 2.54. The maximum atomic E-state index is 2.61. The molecule has 2 aromatic heterocycles. The number of hydrogen-bond acceptors (Lipinski definition) is 4. The summed E-state index contributed by atoms with van der Waals surface area (Å²) in [6, 6.07) is 55.0. The van der Waals surface area contributed by atoms with Gasteiger partial charge in [0.1, 0.15) is 0 Å². The Bertz CT molecular complexity index is 2940. The highest BCUT2D eigenvalue weighted by molar-refractivity contribution is 7.98. The monoisotopic (exact) mass is 750 g/mol. The highest BCUT2D eigenvalue weighted by Crippen LogP contribution is 2.54. The van der Waals surface area contributed by atoms with Crippen LogP contribution < -0.4 is 31.7 Å².